The molecule has 0 bridgehead atoms. The first-order valence-corrected chi connectivity index (χ1v) is 8.29. The van der Waals surface area contributed by atoms with Gasteiger partial charge in [-0.2, -0.15) is 0 Å². The molecule has 0 spiro atoms. The smallest absolute Gasteiger partial charge is 0.137 e. The molecule has 4 heteroatoms. The predicted molar refractivity (Wildman–Crippen MR) is 90.2 cm³/mol. The average Bonchev–Trinajstić information content (AvgIpc) is 2.99. The minimum Gasteiger partial charge on any atom is -0.346 e. The van der Waals surface area contributed by atoms with Crippen LogP contribution in [0, 0.1) is 0 Å². The van der Waals surface area contributed by atoms with Gasteiger partial charge in [0.2, 0.25) is 0 Å². The van der Waals surface area contributed by atoms with Crippen molar-refractivity contribution in [1.29, 1.82) is 0 Å². The fourth-order valence-electron chi connectivity index (χ4n) is 3.47. The Morgan fingerprint density at radius 3 is 2.86 bits per heavy atom. The molecular weight excluding hydrogens is 294 g/mol. The van der Waals surface area contributed by atoms with Crippen LogP contribution >= 0.6 is 11.6 Å². The molecule has 1 aliphatic rings. The third kappa shape index (κ3) is 2.50. The lowest BCUT2D eigenvalue weighted by Crippen LogP contribution is -2.06. The van der Waals surface area contributed by atoms with Crippen LogP contribution in [-0.2, 0) is 0 Å². The van der Waals surface area contributed by atoms with Crippen LogP contribution in [0.25, 0.3) is 22.2 Å². The summed E-state index contributed by atoms with van der Waals surface area (Å²) in [7, 11) is 0. The fourth-order valence-corrected chi connectivity index (χ4v) is 3.69. The van der Waals surface area contributed by atoms with Gasteiger partial charge in [-0.15, -0.1) is 0 Å². The Hall–Kier alpha value is -1.87. The van der Waals surface area contributed by atoms with Gasteiger partial charge in [-0.1, -0.05) is 30.9 Å². The first-order valence-electron chi connectivity index (χ1n) is 7.91. The lowest BCUT2D eigenvalue weighted by Gasteiger charge is -2.21. The van der Waals surface area contributed by atoms with Crippen molar-refractivity contribution in [2.75, 3.05) is 0 Å². The minimum atomic E-state index is 0.550. The molecule has 0 aliphatic heterocycles. The molecular formula is C18H18ClN3. The van der Waals surface area contributed by atoms with E-state index in [9.17, 15) is 0 Å². The van der Waals surface area contributed by atoms with E-state index in [1.165, 1.54) is 32.1 Å². The Bertz CT molecular complexity index is 803. The van der Waals surface area contributed by atoms with E-state index in [1.54, 1.807) is 6.20 Å². The highest BCUT2D eigenvalue weighted by Crippen LogP contribution is 2.35. The largest absolute Gasteiger partial charge is 0.346 e. The monoisotopic (exact) mass is 311 g/mol. The van der Waals surface area contributed by atoms with E-state index in [1.807, 2.05) is 18.3 Å². The van der Waals surface area contributed by atoms with Crippen molar-refractivity contribution in [2.45, 2.75) is 38.0 Å². The van der Waals surface area contributed by atoms with Gasteiger partial charge in [0.05, 0.1) is 0 Å². The van der Waals surface area contributed by atoms with Gasteiger partial charge in [-0.25, -0.2) is 9.97 Å². The van der Waals surface area contributed by atoms with Crippen molar-refractivity contribution in [3.05, 3.63) is 47.5 Å². The Labute approximate surface area is 134 Å². The molecule has 0 saturated heterocycles. The number of nitrogens with zero attached hydrogens (tertiary/aromatic N) is 2. The van der Waals surface area contributed by atoms with Crippen LogP contribution in [0.3, 0.4) is 0 Å². The van der Waals surface area contributed by atoms with Gasteiger partial charge >= 0.3 is 0 Å². The average molecular weight is 312 g/mol. The third-order valence-corrected chi connectivity index (χ3v) is 4.79. The van der Waals surface area contributed by atoms with Gasteiger partial charge in [-0.05, 0) is 42.7 Å². The minimum absolute atomic E-state index is 0.550. The maximum Gasteiger partial charge on any atom is 0.137 e. The van der Waals surface area contributed by atoms with Gasteiger partial charge < -0.3 is 4.98 Å². The van der Waals surface area contributed by atoms with Gasteiger partial charge in [0, 0.05) is 35.0 Å². The SMILES string of the molecule is Clc1cc(-c2c[nH]c3ncccc23)cc(C2CCCCC2)n1. The molecule has 0 radical (unpaired) electrons. The molecule has 1 saturated carbocycles. The maximum atomic E-state index is 6.30. The molecule has 3 nitrogen and oxygen atoms in total. The first kappa shape index (κ1) is 13.8. The van der Waals surface area contributed by atoms with Crippen LogP contribution in [0.5, 0.6) is 0 Å². The molecule has 1 fully saturated rings. The van der Waals surface area contributed by atoms with Gasteiger partial charge in [-0.3, -0.25) is 0 Å². The van der Waals surface area contributed by atoms with Crippen molar-refractivity contribution in [1.82, 2.24) is 15.0 Å². The summed E-state index contributed by atoms with van der Waals surface area (Å²) < 4.78 is 0. The zero-order chi connectivity index (χ0) is 14.9. The molecule has 0 amide bonds. The van der Waals surface area contributed by atoms with Crippen molar-refractivity contribution in [3.8, 4) is 11.1 Å². The summed E-state index contributed by atoms with van der Waals surface area (Å²) in [5, 5.41) is 1.70. The molecule has 22 heavy (non-hydrogen) atoms. The van der Waals surface area contributed by atoms with E-state index >= 15 is 0 Å². The zero-order valence-corrected chi connectivity index (χ0v) is 13.1. The zero-order valence-electron chi connectivity index (χ0n) is 12.3. The van der Waals surface area contributed by atoms with Crippen molar-refractivity contribution >= 4 is 22.6 Å². The quantitative estimate of drug-likeness (QED) is 0.650. The van der Waals surface area contributed by atoms with Crippen LogP contribution in [0.4, 0.5) is 0 Å². The Morgan fingerprint density at radius 1 is 1.14 bits per heavy atom. The number of fused-ring (bicyclic) bond motifs is 1. The molecule has 3 aromatic rings. The summed E-state index contributed by atoms with van der Waals surface area (Å²) >= 11 is 6.30. The highest BCUT2D eigenvalue weighted by atomic mass is 35.5. The molecule has 112 valence electrons. The molecule has 1 aliphatic carbocycles. The molecule has 0 atom stereocenters. The highest BCUT2D eigenvalue weighted by molar-refractivity contribution is 6.29. The number of H-pyrrole nitrogens is 1. The van der Waals surface area contributed by atoms with E-state index in [2.05, 4.69) is 27.1 Å². The summed E-state index contributed by atoms with van der Waals surface area (Å²) in [5.74, 6) is 0.550. The number of hydrogen-bond donors (Lipinski definition) is 1. The first-order chi connectivity index (χ1) is 10.8. The summed E-state index contributed by atoms with van der Waals surface area (Å²) in [6, 6.07) is 8.20. The van der Waals surface area contributed by atoms with Gasteiger partial charge in [0.1, 0.15) is 10.8 Å². The second kappa shape index (κ2) is 5.73. The molecule has 0 unspecified atom stereocenters. The summed E-state index contributed by atoms with van der Waals surface area (Å²) in [4.78, 5) is 12.2. The van der Waals surface area contributed by atoms with Crippen molar-refractivity contribution in [2.24, 2.45) is 0 Å². The fraction of sp³-hybridized carbons (Fsp3) is 0.333. The number of halogens is 1. The van der Waals surface area contributed by atoms with Crippen LogP contribution in [0.1, 0.15) is 43.7 Å². The van der Waals surface area contributed by atoms with Crippen LogP contribution in [0.2, 0.25) is 5.15 Å². The number of aromatic nitrogens is 3. The number of rotatable bonds is 2. The van der Waals surface area contributed by atoms with Crippen LogP contribution in [-0.4, -0.2) is 15.0 Å². The number of nitrogens with one attached hydrogen (secondary N) is 1. The predicted octanol–water partition coefficient (Wildman–Crippen LogP) is 5.33. The molecule has 4 rings (SSSR count). The Kier molecular flexibility index (Phi) is 3.59. The summed E-state index contributed by atoms with van der Waals surface area (Å²) in [6.45, 7) is 0. The molecule has 3 heterocycles. The van der Waals surface area contributed by atoms with Gasteiger partial charge in [0.25, 0.3) is 0 Å². The highest BCUT2D eigenvalue weighted by Gasteiger charge is 2.18. The van der Waals surface area contributed by atoms with Crippen molar-refractivity contribution < 1.29 is 0 Å². The topological polar surface area (TPSA) is 41.6 Å². The lowest BCUT2D eigenvalue weighted by molar-refractivity contribution is 0.437. The lowest BCUT2D eigenvalue weighted by atomic mass is 9.86. The summed E-state index contributed by atoms with van der Waals surface area (Å²) in [5.41, 5.74) is 4.31. The number of hydrogen-bond acceptors (Lipinski definition) is 2. The second-order valence-corrected chi connectivity index (χ2v) is 6.43. The summed E-state index contributed by atoms with van der Waals surface area (Å²) in [6.07, 6.45) is 10.2. The maximum absolute atomic E-state index is 6.30. The Balaban J connectivity index is 1.80. The molecule has 3 aromatic heterocycles. The van der Waals surface area contributed by atoms with Crippen LogP contribution in [0.15, 0.2) is 36.7 Å². The van der Waals surface area contributed by atoms with E-state index in [4.69, 9.17) is 11.6 Å². The van der Waals surface area contributed by atoms with E-state index in [0.29, 0.717) is 11.1 Å². The second-order valence-electron chi connectivity index (χ2n) is 6.04. The third-order valence-electron chi connectivity index (χ3n) is 4.60. The molecule has 1 N–H and O–H groups in total. The number of pyridine rings is 2. The molecule has 0 aromatic carbocycles. The van der Waals surface area contributed by atoms with Crippen LogP contribution < -0.4 is 0 Å². The normalized spacial score (nSPS) is 16.2. The number of aromatic amines is 1. The standard InChI is InChI=1S/C18H18ClN3/c19-17-10-13(9-16(22-17)12-5-2-1-3-6-12)15-11-21-18-14(15)7-4-8-20-18/h4,7-12H,1-3,5-6H2,(H,20,21). The van der Waals surface area contributed by atoms with E-state index < -0.39 is 0 Å². The van der Waals surface area contributed by atoms with Crippen molar-refractivity contribution in [3.63, 3.8) is 0 Å². The van der Waals surface area contributed by atoms with Gasteiger partial charge in [0.15, 0.2) is 0 Å². The Morgan fingerprint density at radius 2 is 2.00 bits per heavy atom. The van der Waals surface area contributed by atoms with E-state index in [-0.39, 0.29) is 0 Å². The van der Waals surface area contributed by atoms with E-state index in [0.717, 1.165) is 27.9 Å².